The van der Waals surface area contributed by atoms with E-state index in [-0.39, 0.29) is 12.0 Å². The largest absolute Gasteiger partial charge is 0.391 e. The number of pyridine rings is 1. The summed E-state index contributed by atoms with van der Waals surface area (Å²) >= 11 is 0. The summed E-state index contributed by atoms with van der Waals surface area (Å²) in [5, 5.41) is 25.5. The Bertz CT molecular complexity index is 794. The highest BCUT2D eigenvalue weighted by Gasteiger charge is 2.32. The SMILES string of the molecule is Cc1cc(C[C@@H]2CN(c3ccnc4[nH]ncc34)C[C@@H]2O)n[nH]1. The molecule has 3 N–H and O–H groups in total. The van der Waals surface area contributed by atoms with Crippen LogP contribution in [0.3, 0.4) is 0 Å². The maximum Gasteiger partial charge on any atom is 0.157 e. The van der Waals surface area contributed by atoms with Crippen LogP contribution in [0.1, 0.15) is 11.4 Å². The van der Waals surface area contributed by atoms with Crippen LogP contribution in [0, 0.1) is 12.8 Å². The summed E-state index contributed by atoms with van der Waals surface area (Å²) in [5.74, 6) is 0.179. The van der Waals surface area contributed by atoms with Crippen LogP contribution in [-0.2, 0) is 6.42 Å². The number of β-amino-alcohol motifs (C(OH)–C–C–N with tert-alkyl or cyclic N) is 1. The molecule has 7 nitrogen and oxygen atoms in total. The van der Waals surface area contributed by atoms with Gasteiger partial charge in [-0.05, 0) is 25.5 Å². The van der Waals surface area contributed by atoms with Gasteiger partial charge in [-0.15, -0.1) is 0 Å². The fraction of sp³-hybridized carbons (Fsp3) is 0.400. The molecular formula is C15H18N6O. The molecular weight excluding hydrogens is 280 g/mol. The van der Waals surface area contributed by atoms with Gasteiger partial charge < -0.3 is 10.0 Å². The van der Waals surface area contributed by atoms with Gasteiger partial charge in [-0.3, -0.25) is 10.2 Å². The lowest BCUT2D eigenvalue weighted by Crippen LogP contribution is -2.21. The van der Waals surface area contributed by atoms with Crippen molar-refractivity contribution in [1.82, 2.24) is 25.4 Å². The molecule has 0 aliphatic carbocycles. The average molecular weight is 298 g/mol. The van der Waals surface area contributed by atoms with Gasteiger partial charge in [-0.2, -0.15) is 10.2 Å². The molecule has 3 aromatic heterocycles. The minimum Gasteiger partial charge on any atom is -0.391 e. The third kappa shape index (κ3) is 2.23. The molecule has 0 unspecified atom stereocenters. The molecule has 0 bridgehead atoms. The Kier molecular flexibility index (Phi) is 3.07. The topological polar surface area (TPSA) is 93.7 Å². The van der Waals surface area contributed by atoms with Gasteiger partial charge in [0.05, 0.1) is 29.1 Å². The zero-order valence-corrected chi connectivity index (χ0v) is 12.3. The van der Waals surface area contributed by atoms with Crippen LogP contribution in [0.15, 0.2) is 24.5 Å². The molecule has 2 atom stereocenters. The first kappa shape index (κ1) is 13.3. The fourth-order valence-corrected chi connectivity index (χ4v) is 3.21. The molecule has 1 aliphatic rings. The summed E-state index contributed by atoms with van der Waals surface area (Å²) in [5.41, 5.74) is 3.90. The molecule has 3 aromatic rings. The van der Waals surface area contributed by atoms with E-state index in [1.807, 2.05) is 19.1 Å². The molecule has 0 aromatic carbocycles. The second-order valence-electron chi connectivity index (χ2n) is 5.94. The van der Waals surface area contributed by atoms with Crippen LogP contribution in [0.2, 0.25) is 0 Å². The molecule has 0 spiro atoms. The van der Waals surface area contributed by atoms with E-state index in [0.29, 0.717) is 6.54 Å². The standard InChI is InChI=1S/C15H18N6O/c1-9-4-11(19-18-9)5-10-7-21(8-14(10)22)13-2-3-16-15-12(13)6-17-20-15/h2-4,6,10,14,22H,5,7-8H2,1H3,(H,18,19)(H,16,17,20)/t10-,14+/m1/s1. The number of rotatable bonds is 3. The highest BCUT2D eigenvalue weighted by Crippen LogP contribution is 2.30. The summed E-state index contributed by atoms with van der Waals surface area (Å²) in [6, 6.07) is 4.02. The van der Waals surface area contributed by atoms with Gasteiger partial charge in [0.25, 0.3) is 0 Å². The van der Waals surface area contributed by atoms with Crippen molar-refractivity contribution in [3.05, 3.63) is 35.9 Å². The highest BCUT2D eigenvalue weighted by molar-refractivity contribution is 5.88. The predicted molar refractivity (Wildman–Crippen MR) is 82.6 cm³/mol. The van der Waals surface area contributed by atoms with Crippen molar-refractivity contribution in [2.45, 2.75) is 19.4 Å². The molecule has 1 saturated heterocycles. The van der Waals surface area contributed by atoms with Gasteiger partial charge in [-0.1, -0.05) is 0 Å². The van der Waals surface area contributed by atoms with Gasteiger partial charge in [0.15, 0.2) is 5.65 Å². The smallest absolute Gasteiger partial charge is 0.157 e. The lowest BCUT2D eigenvalue weighted by Gasteiger charge is -2.18. The van der Waals surface area contributed by atoms with E-state index in [9.17, 15) is 5.11 Å². The van der Waals surface area contributed by atoms with Crippen LogP contribution in [0.4, 0.5) is 5.69 Å². The number of hydrogen-bond donors (Lipinski definition) is 3. The lowest BCUT2D eigenvalue weighted by molar-refractivity contribution is 0.148. The summed E-state index contributed by atoms with van der Waals surface area (Å²) in [7, 11) is 0. The highest BCUT2D eigenvalue weighted by atomic mass is 16.3. The quantitative estimate of drug-likeness (QED) is 0.671. The number of aryl methyl sites for hydroxylation is 1. The number of H-pyrrole nitrogens is 2. The Balaban J connectivity index is 1.56. The van der Waals surface area contributed by atoms with Crippen LogP contribution < -0.4 is 4.90 Å². The summed E-state index contributed by atoms with van der Waals surface area (Å²) in [6.07, 6.45) is 3.98. The van der Waals surface area contributed by atoms with E-state index in [0.717, 1.165) is 41.1 Å². The summed E-state index contributed by atoms with van der Waals surface area (Å²) in [4.78, 5) is 6.46. The Morgan fingerprint density at radius 3 is 3.09 bits per heavy atom. The first-order valence-electron chi connectivity index (χ1n) is 7.42. The first-order valence-corrected chi connectivity index (χ1v) is 7.42. The molecule has 1 aliphatic heterocycles. The van der Waals surface area contributed by atoms with Crippen molar-refractivity contribution in [3.8, 4) is 0 Å². The average Bonchev–Trinajstić information content (AvgIpc) is 3.20. The van der Waals surface area contributed by atoms with E-state index in [2.05, 4.69) is 30.3 Å². The number of aromatic nitrogens is 5. The van der Waals surface area contributed by atoms with Crippen LogP contribution in [0.5, 0.6) is 0 Å². The van der Waals surface area contributed by atoms with Crippen molar-refractivity contribution in [2.24, 2.45) is 5.92 Å². The molecule has 22 heavy (non-hydrogen) atoms. The van der Waals surface area contributed by atoms with Crippen LogP contribution in [-0.4, -0.2) is 49.7 Å². The Hall–Kier alpha value is -2.41. The minimum absolute atomic E-state index is 0.179. The van der Waals surface area contributed by atoms with Crippen molar-refractivity contribution < 1.29 is 5.11 Å². The fourth-order valence-electron chi connectivity index (χ4n) is 3.21. The summed E-state index contributed by atoms with van der Waals surface area (Å²) < 4.78 is 0. The third-order valence-electron chi connectivity index (χ3n) is 4.31. The maximum atomic E-state index is 10.4. The van der Waals surface area contributed by atoms with E-state index < -0.39 is 0 Å². The molecule has 4 heterocycles. The van der Waals surface area contributed by atoms with Crippen molar-refractivity contribution in [3.63, 3.8) is 0 Å². The van der Waals surface area contributed by atoms with E-state index in [1.165, 1.54) is 0 Å². The van der Waals surface area contributed by atoms with Crippen molar-refractivity contribution >= 4 is 16.7 Å². The normalized spacial score (nSPS) is 21.8. The number of anilines is 1. The van der Waals surface area contributed by atoms with Gasteiger partial charge >= 0.3 is 0 Å². The van der Waals surface area contributed by atoms with Crippen LogP contribution in [0.25, 0.3) is 11.0 Å². The predicted octanol–water partition coefficient (Wildman–Crippen LogP) is 1.03. The molecule has 0 radical (unpaired) electrons. The number of aliphatic hydroxyl groups is 1. The van der Waals surface area contributed by atoms with E-state index >= 15 is 0 Å². The van der Waals surface area contributed by atoms with Gasteiger partial charge in [0.1, 0.15) is 0 Å². The van der Waals surface area contributed by atoms with Gasteiger partial charge in [0, 0.05) is 30.9 Å². The summed E-state index contributed by atoms with van der Waals surface area (Å²) in [6.45, 7) is 3.41. The second-order valence-corrected chi connectivity index (χ2v) is 5.94. The monoisotopic (exact) mass is 298 g/mol. The van der Waals surface area contributed by atoms with Crippen molar-refractivity contribution in [1.29, 1.82) is 0 Å². The molecule has 1 fully saturated rings. The number of nitrogens with one attached hydrogen (secondary N) is 2. The van der Waals surface area contributed by atoms with Crippen LogP contribution >= 0.6 is 0 Å². The molecule has 114 valence electrons. The zero-order valence-electron chi connectivity index (χ0n) is 12.3. The molecule has 0 amide bonds. The van der Waals surface area contributed by atoms with E-state index in [1.54, 1.807) is 12.4 Å². The first-order chi connectivity index (χ1) is 10.7. The second kappa shape index (κ2) is 5.10. The Morgan fingerprint density at radius 1 is 1.36 bits per heavy atom. The molecule has 0 saturated carbocycles. The number of aromatic amines is 2. The Labute approximate surface area is 127 Å². The number of hydrogen-bond acceptors (Lipinski definition) is 5. The molecule has 4 rings (SSSR count). The number of nitrogens with zero attached hydrogens (tertiary/aromatic N) is 4. The number of aliphatic hydroxyl groups excluding tert-OH is 1. The van der Waals surface area contributed by atoms with E-state index in [4.69, 9.17) is 0 Å². The maximum absolute atomic E-state index is 10.4. The number of fused-ring (bicyclic) bond motifs is 1. The van der Waals surface area contributed by atoms with Gasteiger partial charge in [0.2, 0.25) is 0 Å². The lowest BCUT2D eigenvalue weighted by atomic mass is 10.0. The van der Waals surface area contributed by atoms with Crippen molar-refractivity contribution in [2.75, 3.05) is 18.0 Å². The third-order valence-corrected chi connectivity index (χ3v) is 4.31. The van der Waals surface area contributed by atoms with Gasteiger partial charge in [-0.25, -0.2) is 4.98 Å². The minimum atomic E-state index is -0.355. The molecule has 7 heteroatoms. The zero-order chi connectivity index (χ0) is 15.1. The Morgan fingerprint density at radius 2 is 2.27 bits per heavy atom.